The molecule has 0 heterocycles. The van der Waals surface area contributed by atoms with Crippen molar-refractivity contribution in [1.29, 1.82) is 0 Å². The molecule has 54 valence electrons. The van der Waals surface area contributed by atoms with Crippen molar-refractivity contribution >= 4 is 11.7 Å². The Balaban J connectivity index is 0. The summed E-state index contributed by atoms with van der Waals surface area (Å²) in [6.45, 7) is 0. The molecule has 3 N–H and O–H groups in total. The van der Waals surface area contributed by atoms with Crippen LogP contribution < -0.4 is 24.6 Å². The third-order valence-electron chi connectivity index (χ3n) is 1.19. The van der Waals surface area contributed by atoms with Crippen LogP contribution in [0.2, 0.25) is 0 Å². The Labute approximate surface area is 77.9 Å². The second-order valence-corrected chi connectivity index (χ2v) is 1.89. The summed E-state index contributed by atoms with van der Waals surface area (Å²) >= 11 is 0. The molecule has 0 aliphatic heterocycles. The summed E-state index contributed by atoms with van der Waals surface area (Å²) in [7, 11) is 0. The van der Waals surface area contributed by atoms with Gasteiger partial charge in [-0.25, -0.2) is 4.79 Å². The summed E-state index contributed by atoms with van der Waals surface area (Å²) in [6, 6.07) is 6.36. The quantitative estimate of drug-likeness (QED) is 0.358. The van der Waals surface area contributed by atoms with E-state index in [0.29, 0.717) is 5.69 Å². The van der Waals surface area contributed by atoms with E-state index >= 15 is 0 Å². The summed E-state index contributed by atoms with van der Waals surface area (Å²) in [6.07, 6.45) is 0. The first-order valence-corrected chi connectivity index (χ1v) is 2.79. The molecule has 0 amide bonds. The van der Waals surface area contributed by atoms with Crippen molar-refractivity contribution in [3.63, 3.8) is 0 Å². The second kappa shape index (κ2) is 4.07. The minimum absolute atomic E-state index is 0. The number of nitrogens with two attached hydrogens (primary N) is 1. The van der Waals surface area contributed by atoms with Gasteiger partial charge < -0.3 is 12.3 Å². The zero-order valence-corrected chi connectivity index (χ0v) is 6.24. The number of aromatic carboxylic acids is 1. The van der Waals surface area contributed by atoms with E-state index in [-0.39, 0.29) is 25.9 Å². The molecule has 0 atom stereocenters. The van der Waals surface area contributed by atoms with Gasteiger partial charge in [-0.3, -0.25) is 0 Å². The Morgan fingerprint density at radius 3 is 2.36 bits per heavy atom. The molecule has 0 bridgehead atoms. The van der Waals surface area contributed by atoms with Crippen molar-refractivity contribution in [2.75, 3.05) is 5.73 Å². The van der Waals surface area contributed by atoms with E-state index < -0.39 is 5.97 Å². The predicted molar refractivity (Wildman–Crippen MR) is 38.9 cm³/mol. The van der Waals surface area contributed by atoms with Crippen LogP contribution >= 0.6 is 0 Å². The molecular formula is C7H8LiNO2. The molecule has 3 nitrogen and oxygen atoms in total. The van der Waals surface area contributed by atoms with Gasteiger partial charge in [-0.05, 0) is 12.1 Å². The fourth-order valence-corrected chi connectivity index (χ4v) is 0.692. The molecule has 0 spiro atoms. The normalized spacial score (nSPS) is 8.36. The Kier molecular flexibility index (Phi) is 3.73. The smallest absolute Gasteiger partial charge is 1.00 e. The fraction of sp³-hybridized carbons (Fsp3) is 0. The van der Waals surface area contributed by atoms with E-state index in [2.05, 4.69) is 0 Å². The minimum Gasteiger partial charge on any atom is -1.00 e. The van der Waals surface area contributed by atoms with Gasteiger partial charge in [0.25, 0.3) is 0 Å². The van der Waals surface area contributed by atoms with E-state index in [1.165, 1.54) is 6.07 Å². The molecule has 0 saturated heterocycles. The molecule has 0 unspecified atom stereocenters. The Bertz CT molecular complexity index is 267. The molecule has 1 aromatic carbocycles. The number of carboxylic acids is 1. The summed E-state index contributed by atoms with van der Waals surface area (Å²) in [5, 5.41) is 8.49. The monoisotopic (exact) mass is 145 g/mol. The van der Waals surface area contributed by atoms with Crippen molar-refractivity contribution in [2.24, 2.45) is 0 Å². The number of carboxylic acid groups (broad SMARTS) is 1. The van der Waals surface area contributed by atoms with Crippen LogP contribution in [-0.4, -0.2) is 11.1 Å². The third-order valence-corrected chi connectivity index (χ3v) is 1.19. The molecule has 1 rings (SSSR count). The van der Waals surface area contributed by atoms with Gasteiger partial charge in [-0.1, -0.05) is 12.1 Å². The number of rotatable bonds is 1. The van der Waals surface area contributed by atoms with Crippen molar-refractivity contribution in [3.8, 4) is 0 Å². The standard InChI is InChI=1S/C7H7NO2.Li.H/c8-6-4-2-1-3-5(6)7(9)10;;/h1-4H,8H2,(H,9,10);;/q;+1;-1. The van der Waals surface area contributed by atoms with Gasteiger partial charge in [0.05, 0.1) is 5.56 Å². The first kappa shape index (κ1) is 10.1. The van der Waals surface area contributed by atoms with Gasteiger partial charge in [-0.2, -0.15) is 0 Å². The molecule has 4 heteroatoms. The first-order valence-electron chi connectivity index (χ1n) is 2.79. The maximum atomic E-state index is 10.3. The maximum absolute atomic E-state index is 10.3. The van der Waals surface area contributed by atoms with E-state index in [1.54, 1.807) is 18.2 Å². The average Bonchev–Trinajstić information content (AvgIpc) is 1.88. The van der Waals surface area contributed by atoms with Crippen LogP contribution in [0, 0.1) is 0 Å². The van der Waals surface area contributed by atoms with Crippen molar-refractivity contribution < 1.29 is 30.2 Å². The molecular weight excluding hydrogens is 137 g/mol. The predicted octanol–water partition coefficient (Wildman–Crippen LogP) is -1.92. The summed E-state index contributed by atoms with van der Waals surface area (Å²) < 4.78 is 0. The van der Waals surface area contributed by atoms with E-state index in [1.807, 2.05) is 0 Å². The zero-order valence-electron chi connectivity index (χ0n) is 7.24. The largest absolute Gasteiger partial charge is 1.00 e. The van der Waals surface area contributed by atoms with Gasteiger partial charge in [-0.15, -0.1) is 0 Å². The number of nitrogen functional groups attached to an aromatic ring is 1. The number of benzene rings is 1. The minimum atomic E-state index is -0.988. The van der Waals surface area contributed by atoms with Crippen LogP contribution in [0.1, 0.15) is 11.8 Å². The van der Waals surface area contributed by atoms with Crippen LogP contribution in [-0.2, 0) is 0 Å². The Morgan fingerprint density at radius 2 is 2.00 bits per heavy atom. The maximum Gasteiger partial charge on any atom is 1.00 e. The van der Waals surface area contributed by atoms with Crippen LogP contribution in [0.3, 0.4) is 0 Å². The number of hydrogen-bond acceptors (Lipinski definition) is 2. The van der Waals surface area contributed by atoms with Gasteiger partial charge in [0.15, 0.2) is 0 Å². The van der Waals surface area contributed by atoms with Crippen LogP contribution in [0.4, 0.5) is 5.69 Å². The van der Waals surface area contributed by atoms with Gasteiger partial charge in [0.2, 0.25) is 0 Å². The van der Waals surface area contributed by atoms with Crippen LogP contribution in [0.15, 0.2) is 24.3 Å². The molecule has 0 saturated carbocycles. The molecule has 0 radical (unpaired) electrons. The topological polar surface area (TPSA) is 63.3 Å². The van der Waals surface area contributed by atoms with Crippen LogP contribution in [0.5, 0.6) is 0 Å². The van der Waals surface area contributed by atoms with Gasteiger partial charge in [0, 0.05) is 5.69 Å². The average molecular weight is 145 g/mol. The molecule has 0 aromatic heterocycles. The molecule has 0 fully saturated rings. The van der Waals surface area contributed by atoms with Crippen molar-refractivity contribution in [1.82, 2.24) is 0 Å². The molecule has 0 aliphatic rings. The molecule has 11 heavy (non-hydrogen) atoms. The van der Waals surface area contributed by atoms with Crippen molar-refractivity contribution in [2.45, 2.75) is 0 Å². The number of anilines is 1. The fourth-order valence-electron chi connectivity index (χ4n) is 0.692. The number of para-hydroxylation sites is 1. The van der Waals surface area contributed by atoms with Gasteiger partial charge in [0.1, 0.15) is 0 Å². The SMILES string of the molecule is Nc1ccccc1C(=O)O.[H-].[Li+]. The first-order chi connectivity index (χ1) is 4.72. The third kappa shape index (κ3) is 2.30. The Morgan fingerprint density at radius 1 is 1.45 bits per heavy atom. The second-order valence-electron chi connectivity index (χ2n) is 1.89. The molecule has 0 aliphatic carbocycles. The van der Waals surface area contributed by atoms with Crippen molar-refractivity contribution in [3.05, 3.63) is 29.8 Å². The summed E-state index contributed by atoms with van der Waals surface area (Å²) in [5.74, 6) is -0.988. The number of carbonyl (C=O) groups is 1. The van der Waals surface area contributed by atoms with Crippen LogP contribution in [0.25, 0.3) is 0 Å². The van der Waals surface area contributed by atoms with E-state index in [4.69, 9.17) is 10.8 Å². The molecule has 1 aromatic rings. The number of hydrogen-bond donors (Lipinski definition) is 2. The Hall–Kier alpha value is -0.913. The van der Waals surface area contributed by atoms with E-state index in [9.17, 15) is 4.79 Å². The zero-order chi connectivity index (χ0) is 7.56. The summed E-state index contributed by atoms with van der Waals surface area (Å²) in [4.78, 5) is 10.3. The van der Waals surface area contributed by atoms with E-state index in [0.717, 1.165) is 0 Å². The van der Waals surface area contributed by atoms with Gasteiger partial charge >= 0.3 is 24.8 Å². The summed E-state index contributed by atoms with van der Waals surface area (Å²) in [5.41, 5.74) is 5.80.